The van der Waals surface area contributed by atoms with Gasteiger partial charge in [0.05, 0.1) is 29.5 Å². The molecule has 0 radical (unpaired) electrons. The van der Waals surface area contributed by atoms with Crippen LogP contribution in [0.25, 0.3) is 11.0 Å². The number of fused-ring (bicyclic) bond motifs is 2. The second-order valence-corrected chi connectivity index (χ2v) is 8.45. The molecule has 2 aliphatic heterocycles. The fourth-order valence-corrected chi connectivity index (χ4v) is 4.28. The van der Waals surface area contributed by atoms with E-state index in [2.05, 4.69) is 21.9 Å². The van der Waals surface area contributed by atoms with Crippen LogP contribution in [0.5, 0.6) is 5.75 Å². The van der Waals surface area contributed by atoms with E-state index in [4.69, 9.17) is 9.47 Å². The molecule has 4 heterocycles. The predicted molar refractivity (Wildman–Crippen MR) is 124 cm³/mol. The highest BCUT2D eigenvalue weighted by Gasteiger charge is 2.33. The second kappa shape index (κ2) is 8.86. The van der Waals surface area contributed by atoms with Gasteiger partial charge in [0.25, 0.3) is 5.56 Å². The summed E-state index contributed by atoms with van der Waals surface area (Å²) in [6.07, 6.45) is 1.35. The van der Waals surface area contributed by atoms with E-state index in [0.717, 1.165) is 11.3 Å². The van der Waals surface area contributed by atoms with Gasteiger partial charge in [-0.25, -0.2) is 19.2 Å². The number of aromatic nitrogens is 3. The molecular formula is C24H24FN5O4. The third-order valence-electron chi connectivity index (χ3n) is 6.03. The van der Waals surface area contributed by atoms with E-state index in [1.807, 2.05) is 6.07 Å². The van der Waals surface area contributed by atoms with Crippen LogP contribution in [0.15, 0.2) is 47.4 Å². The molecule has 0 aliphatic carbocycles. The molecule has 176 valence electrons. The number of pyridine rings is 1. The van der Waals surface area contributed by atoms with Crippen LogP contribution in [0.1, 0.15) is 11.3 Å². The van der Waals surface area contributed by atoms with Gasteiger partial charge < -0.3 is 19.4 Å². The Labute approximate surface area is 194 Å². The van der Waals surface area contributed by atoms with Gasteiger partial charge in [-0.15, -0.1) is 0 Å². The molecule has 5 rings (SSSR count). The van der Waals surface area contributed by atoms with Gasteiger partial charge in [-0.3, -0.25) is 9.69 Å². The van der Waals surface area contributed by atoms with Crippen molar-refractivity contribution in [2.45, 2.75) is 18.9 Å². The Kier molecular flexibility index (Phi) is 5.74. The van der Waals surface area contributed by atoms with Crippen molar-refractivity contribution in [1.82, 2.24) is 19.9 Å². The number of hydrogen-bond donors (Lipinski definition) is 1. The predicted octanol–water partition coefficient (Wildman–Crippen LogP) is 2.12. The molecule has 0 saturated carbocycles. The molecule has 34 heavy (non-hydrogen) atoms. The first-order valence-corrected chi connectivity index (χ1v) is 11.0. The van der Waals surface area contributed by atoms with Gasteiger partial charge >= 0.3 is 6.09 Å². The highest BCUT2D eigenvalue weighted by atomic mass is 19.1. The van der Waals surface area contributed by atoms with Crippen molar-refractivity contribution >= 4 is 22.9 Å². The van der Waals surface area contributed by atoms with Gasteiger partial charge in [0, 0.05) is 25.6 Å². The smallest absolute Gasteiger partial charge is 0.415 e. The van der Waals surface area contributed by atoms with Crippen molar-refractivity contribution < 1.29 is 18.7 Å². The Hall–Kier alpha value is -3.79. The first kappa shape index (κ1) is 22.0. The molecule has 2 aromatic heterocycles. The SMILES string of the molecule is C=C1COc2ccc(N3C[C@@H](CNCCc4c(F)ccc5ncc(=O)n(C)c45)OC3=O)nc2C1. The van der Waals surface area contributed by atoms with Gasteiger partial charge in [-0.05, 0) is 42.8 Å². The van der Waals surface area contributed by atoms with Crippen molar-refractivity contribution in [2.24, 2.45) is 7.05 Å². The molecule has 1 N–H and O–H groups in total. The normalized spacial score (nSPS) is 17.6. The number of hydrogen-bond acceptors (Lipinski definition) is 7. The second-order valence-electron chi connectivity index (χ2n) is 8.45. The number of halogens is 1. The summed E-state index contributed by atoms with van der Waals surface area (Å²) in [6.45, 7) is 5.60. The molecule has 10 heteroatoms. The number of nitrogens with one attached hydrogen (secondary N) is 1. The Morgan fingerprint density at radius 3 is 2.97 bits per heavy atom. The fraction of sp³-hybridized carbons (Fsp3) is 0.333. The van der Waals surface area contributed by atoms with Crippen molar-refractivity contribution in [3.8, 4) is 5.75 Å². The summed E-state index contributed by atoms with van der Waals surface area (Å²) in [6, 6.07) is 6.47. The monoisotopic (exact) mass is 465 g/mol. The van der Waals surface area contributed by atoms with E-state index < -0.39 is 6.09 Å². The van der Waals surface area contributed by atoms with E-state index in [0.29, 0.717) is 67.2 Å². The maximum atomic E-state index is 14.5. The molecule has 9 nitrogen and oxygen atoms in total. The number of carbonyl (C=O) groups is 1. The van der Waals surface area contributed by atoms with Crippen LogP contribution in [0.2, 0.25) is 0 Å². The lowest BCUT2D eigenvalue weighted by molar-refractivity contribution is 0.140. The fourth-order valence-electron chi connectivity index (χ4n) is 4.28. The highest BCUT2D eigenvalue weighted by Crippen LogP contribution is 2.29. The number of aryl methyl sites for hydroxylation is 1. The van der Waals surface area contributed by atoms with E-state index in [1.165, 1.54) is 21.7 Å². The van der Waals surface area contributed by atoms with Crippen LogP contribution in [0, 0.1) is 5.82 Å². The Balaban J connectivity index is 1.21. The van der Waals surface area contributed by atoms with Crippen molar-refractivity contribution in [3.63, 3.8) is 0 Å². The third kappa shape index (κ3) is 4.12. The van der Waals surface area contributed by atoms with Crippen LogP contribution in [-0.2, 0) is 24.6 Å². The van der Waals surface area contributed by atoms with Crippen molar-refractivity contribution in [1.29, 1.82) is 0 Å². The summed E-state index contributed by atoms with van der Waals surface area (Å²) in [5.41, 5.74) is 2.86. The average molecular weight is 465 g/mol. The summed E-state index contributed by atoms with van der Waals surface area (Å²) in [5.74, 6) is 0.826. The zero-order chi connectivity index (χ0) is 23.8. The molecule has 0 unspecified atom stereocenters. The first-order valence-electron chi connectivity index (χ1n) is 11.0. The molecule has 3 aromatic rings. The Bertz CT molecular complexity index is 1360. The molecule has 0 bridgehead atoms. The number of amides is 1. The van der Waals surface area contributed by atoms with Crippen molar-refractivity contribution in [2.75, 3.05) is 31.1 Å². The molecule has 1 aromatic carbocycles. The number of nitrogens with zero attached hydrogens (tertiary/aromatic N) is 4. The number of cyclic esters (lactones) is 1. The van der Waals surface area contributed by atoms with E-state index >= 15 is 0 Å². The van der Waals surface area contributed by atoms with Crippen LogP contribution < -0.4 is 20.5 Å². The zero-order valence-electron chi connectivity index (χ0n) is 18.7. The van der Waals surface area contributed by atoms with E-state index in [-0.39, 0.29) is 17.5 Å². The summed E-state index contributed by atoms with van der Waals surface area (Å²) in [7, 11) is 1.60. The molecule has 0 spiro atoms. The Morgan fingerprint density at radius 1 is 1.26 bits per heavy atom. The Morgan fingerprint density at radius 2 is 2.12 bits per heavy atom. The maximum absolute atomic E-state index is 14.5. The summed E-state index contributed by atoms with van der Waals surface area (Å²) >= 11 is 0. The van der Waals surface area contributed by atoms with Crippen LogP contribution in [0.3, 0.4) is 0 Å². The molecule has 1 amide bonds. The summed E-state index contributed by atoms with van der Waals surface area (Å²) in [5, 5.41) is 3.22. The quantitative estimate of drug-likeness (QED) is 0.440. The summed E-state index contributed by atoms with van der Waals surface area (Å²) < 4.78 is 27.0. The highest BCUT2D eigenvalue weighted by molar-refractivity contribution is 5.88. The average Bonchev–Trinajstić information content (AvgIpc) is 3.20. The number of anilines is 1. The standard InChI is InChI=1S/C24H24FN5O4/c1-14-9-19-20(33-13-14)5-6-21(28-19)30-12-15(34-24(30)32)10-26-8-7-16-17(25)3-4-18-23(16)29(2)22(31)11-27-18/h3-6,11,15,26H,1,7-10,12-13H2,2H3/t15-/m1/s1. The van der Waals surface area contributed by atoms with Crippen LogP contribution in [0.4, 0.5) is 15.0 Å². The lowest BCUT2D eigenvalue weighted by Gasteiger charge is -2.20. The lowest BCUT2D eigenvalue weighted by atomic mass is 10.1. The number of rotatable bonds is 6. The van der Waals surface area contributed by atoms with Crippen LogP contribution >= 0.6 is 0 Å². The van der Waals surface area contributed by atoms with Gasteiger partial charge in [0.2, 0.25) is 0 Å². The molecule has 1 saturated heterocycles. The summed E-state index contributed by atoms with van der Waals surface area (Å²) in [4.78, 5) is 34.6. The zero-order valence-corrected chi connectivity index (χ0v) is 18.7. The molecule has 1 fully saturated rings. The van der Waals surface area contributed by atoms with Gasteiger partial charge in [0.15, 0.2) is 0 Å². The van der Waals surface area contributed by atoms with Crippen molar-refractivity contribution in [3.05, 3.63) is 70.0 Å². The molecular weight excluding hydrogens is 441 g/mol. The van der Waals surface area contributed by atoms with Gasteiger partial charge in [-0.1, -0.05) is 6.58 Å². The largest absolute Gasteiger partial charge is 0.487 e. The number of ether oxygens (including phenoxy) is 2. The number of carbonyl (C=O) groups excluding carboxylic acids is 1. The lowest BCUT2D eigenvalue weighted by Crippen LogP contribution is -2.32. The third-order valence-corrected chi connectivity index (χ3v) is 6.03. The minimum Gasteiger partial charge on any atom is -0.487 e. The van der Waals surface area contributed by atoms with Crippen LogP contribution in [-0.4, -0.2) is 53.0 Å². The minimum atomic E-state index is -0.462. The number of benzene rings is 1. The van der Waals surface area contributed by atoms with E-state index in [1.54, 1.807) is 19.2 Å². The maximum Gasteiger partial charge on any atom is 0.415 e. The molecule has 1 atom stereocenters. The van der Waals surface area contributed by atoms with Gasteiger partial charge in [-0.2, -0.15) is 0 Å². The van der Waals surface area contributed by atoms with E-state index in [9.17, 15) is 14.0 Å². The minimum absolute atomic E-state index is 0.295. The first-order chi connectivity index (χ1) is 16.4. The molecule has 2 aliphatic rings. The topological polar surface area (TPSA) is 98.6 Å². The van der Waals surface area contributed by atoms with Gasteiger partial charge in [0.1, 0.15) is 30.1 Å².